The van der Waals surface area contributed by atoms with Crippen LogP contribution in [0.5, 0.6) is 5.75 Å². The number of nitrogens with zero attached hydrogens (tertiary/aromatic N) is 2. The maximum Gasteiger partial charge on any atom is 0.411 e. The van der Waals surface area contributed by atoms with E-state index < -0.39 is 11.1 Å². The lowest BCUT2D eigenvalue weighted by Crippen LogP contribution is -2.58. The summed E-state index contributed by atoms with van der Waals surface area (Å²) in [6, 6.07) is 28.8. The second kappa shape index (κ2) is 9.15. The molecule has 3 aromatic carbocycles. The van der Waals surface area contributed by atoms with Gasteiger partial charge in [0.15, 0.2) is 0 Å². The molecule has 1 atom stereocenters. The Morgan fingerprint density at radius 1 is 0.853 bits per heavy atom. The van der Waals surface area contributed by atoms with Crippen LogP contribution >= 0.6 is 0 Å². The van der Waals surface area contributed by atoms with Crippen LogP contribution in [0.15, 0.2) is 84.9 Å². The maximum absolute atomic E-state index is 13.4. The molecule has 0 saturated carbocycles. The van der Waals surface area contributed by atoms with E-state index in [1.807, 2.05) is 41.3 Å². The monoisotopic (exact) mass is 456 g/mol. The Morgan fingerprint density at radius 2 is 1.50 bits per heavy atom. The quantitative estimate of drug-likeness (QED) is 0.484. The molecule has 5 nitrogen and oxygen atoms in total. The molecular weight excluding hydrogens is 424 g/mol. The predicted octanol–water partition coefficient (Wildman–Crippen LogP) is 5.60. The third-order valence-corrected chi connectivity index (χ3v) is 7.65. The largest absolute Gasteiger partial charge is 0.497 e. The van der Waals surface area contributed by atoms with Crippen molar-refractivity contribution in [1.82, 2.24) is 9.80 Å². The average molecular weight is 457 g/mol. The van der Waals surface area contributed by atoms with Gasteiger partial charge in [-0.3, -0.25) is 9.80 Å². The van der Waals surface area contributed by atoms with Crippen LogP contribution in [0.1, 0.15) is 36.5 Å². The van der Waals surface area contributed by atoms with E-state index in [0.717, 1.165) is 49.4 Å². The van der Waals surface area contributed by atoms with Gasteiger partial charge < -0.3 is 9.47 Å². The minimum Gasteiger partial charge on any atom is -0.497 e. The van der Waals surface area contributed by atoms with Gasteiger partial charge in [-0.05, 0) is 35.7 Å². The second-order valence-corrected chi connectivity index (χ2v) is 9.50. The molecule has 2 saturated heterocycles. The van der Waals surface area contributed by atoms with Gasteiger partial charge >= 0.3 is 6.09 Å². The lowest BCUT2D eigenvalue weighted by Gasteiger charge is -2.48. The molecule has 1 unspecified atom stereocenters. The summed E-state index contributed by atoms with van der Waals surface area (Å²) in [7, 11) is 1.70. The van der Waals surface area contributed by atoms with Crippen molar-refractivity contribution in [3.63, 3.8) is 0 Å². The number of ether oxygens (including phenoxy) is 2. The van der Waals surface area contributed by atoms with E-state index in [-0.39, 0.29) is 6.09 Å². The van der Waals surface area contributed by atoms with Crippen molar-refractivity contribution in [3.8, 4) is 5.75 Å². The first-order valence-electron chi connectivity index (χ1n) is 12.0. The highest BCUT2D eigenvalue weighted by atomic mass is 16.6. The topological polar surface area (TPSA) is 42.0 Å². The third-order valence-electron chi connectivity index (χ3n) is 7.65. The molecule has 0 bridgehead atoms. The molecule has 0 radical (unpaired) electrons. The van der Waals surface area contributed by atoms with Crippen LogP contribution in [0.25, 0.3) is 0 Å². The maximum atomic E-state index is 13.4. The molecule has 2 heterocycles. The molecular formula is C29H32N2O3. The van der Waals surface area contributed by atoms with Gasteiger partial charge in [-0.1, -0.05) is 72.8 Å². The fourth-order valence-electron chi connectivity index (χ4n) is 5.61. The molecule has 2 aliphatic rings. The second-order valence-electron chi connectivity index (χ2n) is 9.50. The first-order valence-corrected chi connectivity index (χ1v) is 12.0. The van der Waals surface area contributed by atoms with Crippen molar-refractivity contribution in [2.75, 3.05) is 20.2 Å². The minimum absolute atomic E-state index is 0.226. The molecule has 0 aliphatic carbocycles. The number of amides is 1. The Morgan fingerprint density at radius 3 is 2.18 bits per heavy atom. The Labute approximate surface area is 201 Å². The first-order chi connectivity index (χ1) is 16.5. The highest BCUT2D eigenvalue weighted by Crippen LogP contribution is 2.52. The summed E-state index contributed by atoms with van der Waals surface area (Å²) in [5.74, 6) is 0.879. The summed E-state index contributed by atoms with van der Waals surface area (Å²) in [5, 5.41) is 0. The zero-order valence-corrected chi connectivity index (χ0v) is 19.9. The van der Waals surface area contributed by atoms with E-state index in [1.54, 1.807) is 7.11 Å². The Bertz CT molecular complexity index is 1130. The minimum atomic E-state index is -0.564. The van der Waals surface area contributed by atoms with Crippen LogP contribution in [0, 0.1) is 0 Å². The van der Waals surface area contributed by atoms with Gasteiger partial charge in [0, 0.05) is 32.5 Å². The number of rotatable bonds is 6. The summed E-state index contributed by atoms with van der Waals surface area (Å²) in [4.78, 5) is 17.7. The number of methoxy groups -OCH3 is 1. The van der Waals surface area contributed by atoms with E-state index in [2.05, 4.69) is 60.4 Å². The molecule has 1 spiro atoms. The zero-order valence-electron chi connectivity index (χ0n) is 19.9. The summed E-state index contributed by atoms with van der Waals surface area (Å²) in [5.41, 5.74) is 2.34. The summed E-state index contributed by atoms with van der Waals surface area (Å²) in [6.45, 7) is 5.31. The van der Waals surface area contributed by atoms with Crippen molar-refractivity contribution < 1.29 is 14.3 Å². The van der Waals surface area contributed by atoms with Crippen molar-refractivity contribution in [3.05, 3.63) is 102 Å². The number of likely N-dealkylation sites (tertiary alicyclic amines) is 1. The SMILES string of the molecule is COc1cccc(CN2CCC3(CC2)OC(=O)N(Cc2ccccc2)C3(C)c2ccccc2)c1. The van der Waals surface area contributed by atoms with Gasteiger partial charge in [0.05, 0.1) is 13.7 Å². The fourth-order valence-corrected chi connectivity index (χ4v) is 5.61. The lowest BCUT2D eigenvalue weighted by atomic mass is 9.70. The van der Waals surface area contributed by atoms with Crippen molar-refractivity contribution >= 4 is 6.09 Å². The van der Waals surface area contributed by atoms with Gasteiger partial charge in [0.25, 0.3) is 0 Å². The van der Waals surface area contributed by atoms with E-state index in [1.165, 1.54) is 5.56 Å². The van der Waals surface area contributed by atoms with Crippen molar-refractivity contribution in [2.24, 2.45) is 0 Å². The van der Waals surface area contributed by atoms with Gasteiger partial charge in [0.1, 0.15) is 16.9 Å². The third kappa shape index (κ3) is 3.94. The number of benzene rings is 3. The standard InChI is InChI=1S/C29H32N2O3/c1-28(25-13-7-4-8-14-25)29(34-27(32)31(28)22-23-10-5-3-6-11-23)16-18-30(19-17-29)21-24-12-9-15-26(20-24)33-2/h3-15,20H,16-19,21-22H2,1-2H3. The van der Waals surface area contributed by atoms with Gasteiger partial charge in [-0.25, -0.2) is 4.79 Å². The fraction of sp³-hybridized carbons (Fsp3) is 0.345. The summed E-state index contributed by atoms with van der Waals surface area (Å²) in [6.07, 6.45) is 1.36. The molecule has 2 fully saturated rings. The molecule has 176 valence electrons. The average Bonchev–Trinajstić information content (AvgIpc) is 3.08. The van der Waals surface area contributed by atoms with Crippen LogP contribution in [0.4, 0.5) is 4.79 Å². The molecule has 3 aromatic rings. The van der Waals surface area contributed by atoms with E-state index >= 15 is 0 Å². The van der Waals surface area contributed by atoms with Crippen LogP contribution < -0.4 is 4.74 Å². The number of carbonyl (C=O) groups is 1. The van der Waals surface area contributed by atoms with Gasteiger partial charge in [0.2, 0.25) is 0 Å². The van der Waals surface area contributed by atoms with E-state index in [4.69, 9.17) is 9.47 Å². The van der Waals surface area contributed by atoms with Gasteiger partial charge in [-0.2, -0.15) is 0 Å². The number of hydrogen-bond acceptors (Lipinski definition) is 4. The van der Waals surface area contributed by atoms with Crippen LogP contribution in [-0.4, -0.2) is 41.7 Å². The normalized spacial score (nSPS) is 22.1. The molecule has 34 heavy (non-hydrogen) atoms. The molecule has 5 rings (SSSR count). The molecule has 5 heteroatoms. The zero-order chi connectivity index (χ0) is 23.6. The number of piperidine rings is 1. The molecule has 1 amide bonds. The highest BCUT2D eigenvalue weighted by molar-refractivity contribution is 5.73. The molecule has 0 N–H and O–H groups in total. The van der Waals surface area contributed by atoms with E-state index in [9.17, 15) is 4.79 Å². The first kappa shape index (κ1) is 22.5. The Hall–Kier alpha value is -3.31. The van der Waals surface area contributed by atoms with Crippen molar-refractivity contribution in [1.29, 1.82) is 0 Å². The Kier molecular flexibility index (Phi) is 6.05. The molecule has 2 aliphatic heterocycles. The van der Waals surface area contributed by atoms with Crippen LogP contribution in [0.3, 0.4) is 0 Å². The Balaban J connectivity index is 1.41. The number of carbonyl (C=O) groups excluding carboxylic acids is 1. The lowest BCUT2D eigenvalue weighted by molar-refractivity contribution is -0.0614. The summed E-state index contributed by atoms with van der Waals surface area (Å²) < 4.78 is 11.7. The smallest absolute Gasteiger partial charge is 0.411 e. The van der Waals surface area contributed by atoms with E-state index in [0.29, 0.717) is 6.54 Å². The number of hydrogen-bond donors (Lipinski definition) is 0. The van der Waals surface area contributed by atoms with Crippen molar-refractivity contribution in [2.45, 2.75) is 44.0 Å². The predicted molar refractivity (Wildman–Crippen MR) is 132 cm³/mol. The van der Waals surface area contributed by atoms with Gasteiger partial charge in [-0.15, -0.1) is 0 Å². The highest BCUT2D eigenvalue weighted by Gasteiger charge is 2.63. The summed E-state index contributed by atoms with van der Waals surface area (Å²) >= 11 is 0. The van der Waals surface area contributed by atoms with Crippen LogP contribution in [0.2, 0.25) is 0 Å². The van der Waals surface area contributed by atoms with Crippen LogP contribution in [-0.2, 0) is 23.4 Å². The molecule has 0 aromatic heterocycles.